The van der Waals surface area contributed by atoms with Crippen molar-refractivity contribution in [3.63, 3.8) is 0 Å². The van der Waals surface area contributed by atoms with Crippen molar-refractivity contribution >= 4 is 11.5 Å². The first-order valence-corrected chi connectivity index (χ1v) is 8.06. The average Bonchev–Trinajstić information content (AvgIpc) is 2.62. The van der Waals surface area contributed by atoms with Crippen molar-refractivity contribution in [1.82, 2.24) is 4.98 Å². The highest BCUT2D eigenvalue weighted by Crippen LogP contribution is 2.28. The summed E-state index contributed by atoms with van der Waals surface area (Å²) in [5, 5.41) is 22.1. The molecule has 0 aliphatic heterocycles. The van der Waals surface area contributed by atoms with E-state index < -0.39 is 0 Å². The molecule has 2 N–H and O–H groups in total. The van der Waals surface area contributed by atoms with Crippen molar-refractivity contribution in [3.8, 4) is 17.2 Å². The van der Waals surface area contributed by atoms with E-state index in [0.29, 0.717) is 11.4 Å². The SMILES string of the molecule is Cc1cc(CO)cc(Nc2nc(C)c(-c3ccccc3)cc2C#N)c1. The molecule has 2 aromatic carbocycles. The van der Waals surface area contributed by atoms with Crippen molar-refractivity contribution in [1.29, 1.82) is 5.26 Å². The molecule has 0 saturated carbocycles. The highest BCUT2D eigenvalue weighted by Gasteiger charge is 2.11. The molecule has 0 radical (unpaired) electrons. The molecule has 0 fully saturated rings. The van der Waals surface area contributed by atoms with E-state index in [9.17, 15) is 10.4 Å². The largest absolute Gasteiger partial charge is 0.392 e. The van der Waals surface area contributed by atoms with Crippen LogP contribution in [-0.4, -0.2) is 10.1 Å². The molecule has 1 aromatic heterocycles. The number of nitrogens with zero attached hydrogens (tertiary/aromatic N) is 2. The van der Waals surface area contributed by atoms with E-state index in [4.69, 9.17) is 0 Å². The molecule has 1 heterocycles. The molecule has 4 heteroatoms. The van der Waals surface area contributed by atoms with E-state index in [0.717, 1.165) is 33.6 Å². The number of aryl methyl sites for hydroxylation is 2. The van der Waals surface area contributed by atoms with Crippen molar-refractivity contribution in [2.75, 3.05) is 5.32 Å². The van der Waals surface area contributed by atoms with E-state index in [1.165, 1.54) is 0 Å². The predicted octanol–water partition coefficient (Wildman–Crippen LogP) is 4.47. The van der Waals surface area contributed by atoms with E-state index in [2.05, 4.69) is 16.4 Å². The number of rotatable bonds is 4. The molecule has 0 amide bonds. The molecule has 0 aliphatic carbocycles. The third-order valence-electron chi connectivity index (χ3n) is 4.00. The van der Waals surface area contributed by atoms with Gasteiger partial charge in [0.15, 0.2) is 0 Å². The smallest absolute Gasteiger partial charge is 0.148 e. The Bertz CT molecular complexity index is 943. The number of nitrogens with one attached hydrogen (secondary N) is 1. The van der Waals surface area contributed by atoms with E-state index in [1.54, 1.807) is 0 Å². The van der Waals surface area contributed by atoms with E-state index >= 15 is 0 Å². The van der Waals surface area contributed by atoms with Gasteiger partial charge in [0, 0.05) is 16.9 Å². The lowest BCUT2D eigenvalue weighted by Gasteiger charge is -2.13. The quantitative estimate of drug-likeness (QED) is 0.741. The summed E-state index contributed by atoms with van der Waals surface area (Å²) in [5.41, 5.74) is 5.97. The van der Waals surface area contributed by atoms with Crippen LogP contribution in [0.25, 0.3) is 11.1 Å². The first-order valence-electron chi connectivity index (χ1n) is 8.06. The minimum atomic E-state index is -0.0269. The Morgan fingerprint density at radius 3 is 2.52 bits per heavy atom. The van der Waals surface area contributed by atoms with Gasteiger partial charge in [0.05, 0.1) is 12.2 Å². The van der Waals surface area contributed by atoms with Crippen LogP contribution >= 0.6 is 0 Å². The topological polar surface area (TPSA) is 68.9 Å². The minimum absolute atomic E-state index is 0.0269. The molecule has 4 nitrogen and oxygen atoms in total. The van der Waals surface area contributed by atoms with Crippen LogP contribution in [0.15, 0.2) is 54.6 Å². The second kappa shape index (κ2) is 7.16. The van der Waals surface area contributed by atoms with E-state index in [-0.39, 0.29) is 6.61 Å². The Morgan fingerprint density at radius 2 is 1.84 bits per heavy atom. The number of nitriles is 1. The van der Waals surface area contributed by atoms with Gasteiger partial charge in [0.2, 0.25) is 0 Å². The summed E-state index contributed by atoms with van der Waals surface area (Å²) in [5.74, 6) is 0.522. The lowest BCUT2D eigenvalue weighted by Crippen LogP contribution is -2.01. The number of benzene rings is 2. The highest BCUT2D eigenvalue weighted by atomic mass is 16.3. The molecule has 0 unspecified atom stereocenters. The van der Waals surface area contributed by atoms with Gasteiger partial charge in [-0.1, -0.05) is 36.4 Å². The van der Waals surface area contributed by atoms with E-state index in [1.807, 2.05) is 68.4 Å². The minimum Gasteiger partial charge on any atom is -0.392 e. The zero-order chi connectivity index (χ0) is 17.8. The van der Waals surface area contributed by atoms with Gasteiger partial charge in [-0.25, -0.2) is 4.98 Å². The number of hydrogen-bond donors (Lipinski definition) is 2. The van der Waals surface area contributed by atoms with Gasteiger partial charge < -0.3 is 10.4 Å². The number of hydrogen-bond acceptors (Lipinski definition) is 4. The number of pyridine rings is 1. The standard InChI is InChI=1S/C21H19N3O/c1-14-8-16(13-25)10-19(9-14)24-21-18(12-22)11-20(15(2)23-21)17-6-4-3-5-7-17/h3-11,25H,13H2,1-2H3,(H,23,24). The first-order chi connectivity index (χ1) is 12.1. The van der Waals surface area contributed by atoms with Crippen LogP contribution in [0, 0.1) is 25.2 Å². The summed E-state index contributed by atoms with van der Waals surface area (Å²) < 4.78 is 0. The summed E-state index contributed by atoms with van der Waals surface area (Å²) >= 11 is 0. The molecule has 25 heavy (non-hydrogen) atoms. The van der Waals surface area contributed by atoms with Crippen molar-refractivity contribution < 1.29 is 5.11 Å². The zero-order valence-electron chi connectivity index (χ0n) is 14.2. The van der Waals surface area contributed by atoms with Gasteiger partial charge in [0.1, 0.15) is 11.9 Å². The summed E-state index contributed by atoms with van der Waals surface area (Å²) in [7, 11) is 0. The maximum Gasteiger partial charge on any atom is 0.148 e. The number of aliphatic hydroxyl groups is 1. The highest BCUT2D eigenvalue weighted by molar-refractivity contribution is 5.73. The fourth-order valence-corrected chi connectivity index (χ4v) is 2.86. The summed E-state index contributed by atoms with van der Waals surface area (Å²) in [6.07, 6.45) is 0. The van der Waals surface area contributed by atoms with Gasteiger partial charge in [-0.05, 0) is 48.7 Å². The second-order valence-corrected chi connectivity index (χ2v) is 5.99. The molecular weight excluding hydrogens is 310 g/mol. The lowest BCUT2D eigenvalue weighted by atomic mass is 10.0. The Kier molecular flexibility index (Phi) is 4.78. The fourth-order valence-electron chi connectivity index (χ4n) is 2.86. The number of anilines is 2. The van der Waals surface area contributed by atoms with Crippen LogP contribution in [-0.2, 0) is 6.61 Å². The predicted molar refractivity (Wildman–Crippen MR) is 99.5 cm³/mol. The Labute approximate surface area is 147 Å². The van der Waals surface area contributed by atoms with Crippen LogP contribution in [0.4, 0.5) is 11.5 Å². The molecular formula is C21H19N3O. The molecule has 0 atom stereocenters. The Morgan fingerprint density at radius 1 is 1.08 bits per heavy atom. The zero-order valence-corrected chi connectivity index (χ0v) is 14.2. The van der Waals surface area contributed by atoms with Gasteiger partial charge in [0.25, 0.3) is 0 Å². The molecule has 124 valence electrons. The van der Waals surface area contributed by atoms with Gasteiger partial charge in [-0.3, -0.25) is 0 Å². The fraction of sp³-hybridized carbons (Fsp3) is 0.143. The molecule has 3 rings (SSSR count). The van der Waals surface area contributed by atoms with Crippen LogP contribution < -0.4 is 5.32 Å². The van der Waals surface area contributed by atoms with Crippen LogP contribution in [0.1, 0.15) is 22.4 Å². The molecule has 0 aliphatic rings. The third kappa shape index (κ3) is 3.68. The molecule has 0 bridgehead atoms. The Hall–Kier alpha value is -3.16. The van der Waals surface area contributed by atoms with Crippen LogP contribution in [0.3, 0.4) is 0 Å². The lowest BCUT2D eigenvalue weighted by molar-refractivity contribution is 0.282. The summed E-state index contributed by atoms with van der Waals surface area (Å²) in [4.78, 5) is 4.60. The maximum absolute atomic E-state index is 9.54. The van der Waals surface area contributed by atoms with Crippen LogP contribution in [0.5, 0.6) is 0 Å². The molecule has 3 aromatic rings. The van der Waals surface area contributed by atoms with Crippen molar-refractivity contribution in [2.45, 2.75) is 20.5 Å². The Balaban J connectivity index is 2.02. The summed E-state index contributed by atoms with van der Waals surface area (Å²) in [6.45, 7) is 3.87. The molecule has 0 spiro atoms. The van der Waals surface area contributed by atoms with Gasteiger partial charge >= 0.3 is 0 Å². The number of aliphatic hydroxyl groups excluding tert-OH is 1. The molecule has 0 saturated heterocycles. The second-order valence-electron chi connectivity index (χ2n) is 5.99. The van der Waals surface area contributed by atoms with Crippen molar-refractivity contribution in [3.05, 3.63) is 77.0 Å². The van der Waals surface area contributed by atoms with Gasteiger partial charge in [-0.2, -0.15) is 5.26 Å². The van der Waals surface area contributed by atoms with Gasteiger partial charge in [-0.15, -0.1) is 0 Å². The summed E-state index contributed by atoms with van der Waals surface area (Å²) in [6, 6.07) is 19.7. The van der Waals surface area contributed by atoms with Crippen molar-refractivity contribution in [2.24, 2.45) is 0 Å². The van der Waals surface area contributed by atoms with Crippen LogP contribution in [0.2, 0.25) is 0 Å². The maximum atomic E-state index is 9.54. The number of aromatic nitrogens is 1. The normalized spacial score (nSPS) is 10.3. The first kappa shape index (κ1) is 16.7. The average molecular weight is 329 g/mol. The third-order valence-corrected chi connectivity index (χ3v) is 4.00. The monoisotopic (exact) mass is 329 g/mol.